The van der Waals surface area contributed by atoms with E-state index < -0.39 is 6.10 Å². The molecular weight excluding hydrogens is 577 g/mol. The van der Waals surface area contributed by atoms with Crippen LogP contribution in [0.2, 0.25) is 10.0 Å². The Hall–Kier alpha value is -2.56. The molecule has 4 N–H and O–H groups in total. The number of aromatic nitrogens is 2. The van der Waals surface area contributed by atoms with Crippen LogP contribution in [0.1, 0.15) is 49.5 Å². The van der Waals surface area contributed by atoms with Crippen LogP contribution in [0.4, 0.5) is 11.5 Å². The molecule has 0 radical (unpaired) electrons. The molecule has 11 heteroatoms. The van der Waals surface area contributed by atoms with Crippen LogP contribution < -0.4 is 20.7 Å². The fraction of sp³-hybridized carbons (Fsp3) is 0.433. The van der Waals surface area contributed by atoms with E-state index in [9.17, 15) is 0 Å². The number of nitrogens with two attached hydrogens (primary N) is 1. The monoisotopic (exact) mass is 613 g/mol. The molecule has 0 saturated carbocycles. The van der Waals surface area contributed by atoms with Gasteiger partial charge in [0, 0.05) is 77.8 Å². The van der Waals surface area contributed by atoms with Gasteiger partial charge in [-0.2, -0.15) is 0 Å². The first kappa shape index (κ1) is 29.9. The van der Waals surface area contributed by atoms with Crippen molar-refractivity contribution in [3.05, 3.63) is 75.7 Å². The second-order valence-corrected chi connectivity index (χ2v) is 13.2. The van der Waals surface area contributed by atoms with Crippen LogP contribution in [0.25, 0.3) is 0 Å². The number of nitrogens with zero attached hydrogens (tertiary/aromatic N) is 4. The first-order valence-corrected chi connectivity index (χ1v) is 15.5. The molecule has 3 aromatic rings. The van der Waals surface area contributed by atoms with E-state index in [0.717, 1.165) is 38.5 Å². The summed E-state index contributed by atoms with van der Waals surface area (Å²) in [6.07, 6.45) is 6.82. The second-order valence-electron chi connectivity index (χ2n) is 11.0. The van der Waals surface area contributed by atoms with Crippen LogP contribution in [-0.2, 0) is 0 Å². The van der Waals surface area contributed by atoms with E-state index in [2.05, 4.69) is 26.4 Å². The molecule has 1 aromatic carbocycles. The molecule has 0 bridgehead atoms. The van der Waals surface area contributed by atoms with Crippen molar-refractivity contribution in [2.24, 2.45) is 5.41 Å². The van der Waals surface area contributed by atoms with E-state index in [1.165, 1.54) is 12.8 Å². The van der Waals surface area contributed by atoms with Crippen molar-refractivity contribution in [3.63, 3.8) is 0 Å². The summed E-state index contributed by atoms with van der Waals surface area (Å²) in [6.45, 7) is 9.54. The molecule has 218 valence electrons. The van der Waals surface area contributed by atoms with E-state index in [0.29, 0.717) is 48.8 Å². The normalized spacial score (nSPS) is 17.5. The zero-order valence-electron chi connectivity index (χ0n) is 23.7. The molecule has 0 amide bonds. The summed E-state index contributed by atoms with van der Waals surface area (Å²) in [6, 6.07) is 9.23. The molecule has 2 saturated heterocycles. The average Bonchev–Trinajstić information content (AvgIpc) is 2.92. The van der Waals surface area contributed by atoms with Crippen molar-refractivity contribution in [2.45, 2.75) is 38.0 Å². The topological polar surface area (TPSA) is 103 Å². The maximum absolute atomic E-state index is 8.85. The third kappa shape index (κ3) is 6.60. The van der Waals surface area contributed by atoms with Gasteiger partial charge in [0.1, 0.15) is 17.7 Å². The summed E-state index contributed by atoms with van der Waals surface area (Å²) < 4.78 is 8.66. The Labute approximate surface area is 256 Å². The highest BCUT2D eigenvalue weighted by Crippen LogP contribution is 2.45. The summed E-state index contributed by atoms with van der Waals surface area (Å²) >= 11 is 14.6. The number of hydrogen-bond donors (Lipinski definition) is 3. The van der Waals surface area contributed by atoms with Gasteiger partial charge in [-0.05, 0) is 63.7 Å². The maximum Gasteiger partial charge on any atom is 0.128 e. The Morgan fingerprint density at radius 2 is 1.88 bits per heavy atom. The lowest BCUT2D eigenvalue weighted by Gasteiger charge is -2.60. The second kappa shape index (κ2) is 12.8. The predicted molar refractivity (Wildman–Crippen MR) is 171 cm³/mol. The number of hydrogen-bond acceptors (Lipinski definition) is 9. The molecule has 2 aromatic heterocycles. The van der Waals surface area contributed by atoms with Crippen LogP contribution in [0, 0.1) is 10.8 Å². The van der Waals surface area contributed by atoms with Crippen molar-refractivity contribution < 1.29 is 4.74 Å². The summed E-state index contributed by atoms with van der Waals surface area (Å²) in [4.78, 5) is 11.0. The predicted octanol–water partition coefficient (Wildman–Crippen LogP) is 6.08. The van der Waals surface area contributed by atoms with Gasteiger partial charge in [0.15, 0.2) is 0 Å². The first-order valence-electron chi connectivity index (χ1n) is 13.9. The standard InChI is InChI=1S/C30H37Cl2N7OS/c1-4-22(9-10-35-3)41-39-17-30(18-39)15-38(16-30)27-8-5-20(12-37-27)29(34)23-11-21(6-7-26(23)33)40-19(2)28-24(31)13-36-14-25(28)32/h5-8,11-14,19,22,34-35H,4,9-10,15-18,33H2,1-3H3/t19-,22?/m1/s1. The third-order valence-electron chi connectivity index (χ3n) is 7.81. The van der Waals surface area contributed by atoms with Crippen molar-refractivity contribution in [3.8, 4) is 5.75 Å². The number of benzene rings is 1. The summed E-state index contributed by atoms with van der Waals surface area (Å²) in [5.74, 6) is 1.51. The number of nitrogen functional groups attached to an aromatic ring is 1. The molecule has 5 rings (SSSR count). The zero-order valence-corrected chi connectivity index (χ0v) is 26.0. The Morgan fingerprint density at radius 3 is 2.51 bits per heavy atom. The highest BCUT2D eigenvalue weighted by Gasteiger charge is 2.52. The lowest BCUT2D eigenvalue weighted by molar-refractivity contribution is 0.0466. The van der Waals surface area contributed by atoms with E-state index in [-0.39, 0.29) is 5.71 Å². The van der Waals surface area contributed by atoms with Crippen molar-refractivity contribution in [1.82, 2.24) is 19.6 Å². The molecule has 8 nitrogen and oxygen atoms in total. The molecule has 4 heterocycles. The SMILES string of the molecule is CCC(CCNC)SN1CC2(C1)CN(c1ccc(C(=N)c3cc(O[C@H](C)c4c(Cl)cncc4Cl)ccc3N)cn1)C2. The molecular formula is C30H37Cl2N7OS. The van der Waals surface area contributed by atoms with Crippen LogP contribution in [0.15, 0.2) is 48.9 Å². The van der Waals surface area contributed by atoms with Crippen LogP contribution >= 0.6 is 35.1 Å². The average molecular weight is 615 g/mol. The van der Waals surface area contributed by atoms with Crippen molar-refractivity contribution >= 4 is 52.4 Å². The van der Waals surface area contributed by atoms with Crippen LogP contribution in [0.5, 0.6) is 5.75 Å². The van der Waals surface area contributed by atoms with Gasteiger partial charge >= 0.3 is 0 Å². The Morgan fingerprint density at radius 1 is 1.15 bits per heavy atom. The maximum atomic E-state index is 8.85. The summed E-state index contributed by atoms with van der Waals surface area (Å²) in [5.41, 5.74) is 9.36. The van der Waals surface area contributed by atoms with E-state index >= 15 is 0 Å². The van der Waals surface area contributed by atoms with Crippen molar-refractivity contribution in [1.29, 1.82) is 5.41 Å². The lowest BCUT2D eigenvalue weighted by atomic mass is 9.74. The third-order valence-corrected chi connectivity index (χ3v) is 9.84. The van der Waals surface area contributed by atoms with E-state index in [4.69, 9.17) is 44.1 Å². The largest absolute Gasteiger partial charge is 0.486 e. The fourth-order valence-electron chi connectivity index (χ4n) is 5.52. The van der Waals surface area contributed by atoms with Crippen molar-refractivity contribution in [2.75, 3.05) is 50.4 Å². The first-order chi connectivity index (χ1) is 19.7. The van der Waals surface area contributed by atoms with Gasteiger partial charge in [-0.1, -0.05) is 42.1 Å². The molecule has 2 atom stereocenters. The quantitative estimate of drug-likeness (QED) is 0.128. The minimum atomic E-state index is -0.419. The Kier molecular flexibility index (Phi) is 9.30. The molecule has 1 spiro atoms. The van der Waals surface area contributed by atoms with Gasteiger partial charge in [0.25, 0.3) is 0 Å². The van der Waals surface area contributed by atoms with Gasteiger partial charge in [-0.25, -0.2) is 9.29 Å². The minimum absolute atomic E-state index is 0.287. The Balaban J connectivity index is 1.18. The summed E-state index contributed by atoms with van der Waals surface area (Å²) in [7, 11) is 2.02. The molecule has 2 fully saturated rings. The molecule has 2 aliphatic rings. The zero-order chi connectivity index (χ0) is 29.1. The van der Waals surface area contributed by atoms with Gasteiger partial charge in [0.2, 0.25) is 0 Å². The van der Waals surface area contributed by atoms with Gasteiger partial charge in [-0.3, -0.25) is 10.4 Å². The number of ether oxygens (including phenoxy) is 1. The molecule has 0 aliphatic carbocycles. The molecule has 41 heavy (non-hydrogen) atoms. The Bertz CT molecular complexity index is 1360. The number of pyridine rings is 2. The number of rotatable bonds is 12. The van der Waals surface area contributed by atoms with Crippen LogP contribution in [-0.4, -0.2) is 65.0 Å². The molecule has 1 unspecified atom stereocenters. The smallest absolute Gasteiger partial charge is 0.128 e. The van der Waals surface area contributed by atoms with E-state index in [1.54, 1.807) is 36.8 Å². The highest BCUT2D eigenvalue weighted by atomic mass is 35.5. The summed E-state index contributed by atoms with van der Waals surface area (Å²) in [5, 5.41) is 13.7. The van der Waals surface area contributed by atoms with Gasteiger partial charge in [0.05, 0.1) is 15.8 Å². The number of nitrogens with one attached hydrogen (secondary N) is 2. The van der Waals surface area contributed by atoms with Crippen LogP contribution in [0.3, 0.4) is 0 Å². The highest BCUT2D eigenvalue weighted by molar-refractivity contribution is 7.97. The minimum Gasteiger partial charge on any atom is -0.486 e. The molecule has 2 aliphatic heterocycles. The lowest BCUT2D eigenvalue weighted by Crippen LogP contribution is -2.71. The van der Waals surface area contributed by atoms with Gasteiger partial charge in [-0.15, -0.1) is 0 Å². The fourth-order valence-corrected chi connectivity index (χ4v) is 7.69. The number of anilines is 2. The van der Waals surface area contributed by atoms with Gasteiger partial charge < -0.3 is 20.7 Å². The van der Waals surface area contributed by atoms with E-state index in [1.807, 2.05) is 38.1 Å². The number of halogens is 2.